The fourth-order valence-corrected chi connectivity index (χ4v) is 2.46. The normalized spacial score (nSPS) is 14.0. The lowest BCUT2D eigenvalue weighted by Crippen LogP contribution is -2.29. The van der Waals surface area contributed by atoms with Crippen LogP contribution in [0.3, 0.4) is 0 Å². The van der Waals surface area contributed by atoms with Gasteiger partial charge in [0.05, 0.1) is 17.9 Å². The van der Waals surface area contributed by atoms with Crippen molar-refractivity contribution < 1.29 is 19.1 Å². The second kappa shape index (κ2) is 6.00. The lowest BCUT2D eigenvalue weighted by molar-refractivity contribution is -0.137. The summed E-state index contributed by atoms with van der Waals surface area (Å²) in [6.45, 7) is 2.15. The van der Waals surface area contributed by atoms with Crippen molar-refractivity contribution >= 4 is 39.3 Å². The molecule has 1 aromatic carbocycles. The van der Waals surface area contributed by atoms with Crippen molar-refractivity contribution in [1.82, 2.24) is 0 Å². The van der Waals surface area contributed by atoms with Crippen LogP contribution in [0, 0.1) is 0 Å². The van der Waals surface area contributed by atoms with Crippen molar-refractivity contribution in [2.45, 2.75) is 6.92 Å². The number of ether oxygens (including phenoxy) is 1. The first kappa shape index (κ1) is 14.5. The van der Waals surface area contributed by atoms with E-state index in [0.29, 0.717) is 22.3 Å². The topological polar surface area (TPSA) is 63.7 Å². The third-order valence-corrected chi connectivity index (χ3v) is 3.44. The van der Waals surface area contributed by atoms with E-state index < -0.39 is 17.7 Å². The number of carbonyl (C=O) groups is 3. The van der Waals surface area contributed by atoms with E-state index in [4.69, 9.17) is 4.74 Å². The summed E-state index contributed by atoms with van der Waals surface area (Å²) in [4.78, 5) is 36.3. The van der Waals surface area contributed by atoms with Gasteiger partial charge in [-0.2, -0.15) is 0 Å². The number of amides is 1. The van der Waals surface area contributed by atoms with Crippen molar-refractivity contribution in [3.63, 3.8) is 0 Å². The van der Waals surface area contributed by atoms with Gasteiger partial charge in [0.2, 0.25) is 0 Å². The molecule has 104 valence electrons. The Balaban J connectivity index is 2.19. The van der Waals surface area contributed by atoms with Gasteiger partial charge in [-0.1, -0.05) is 12.1 Å². The van der Waals surface area contributed by atoms with Gasteiger partial charge < -0.3 is 9.64 Å². The van der Waals surface area contributed by atoms with E-state index in [1.807, 2.05) is 0 Å². The van der Waals surface area contributed by atoms with Crippen molar-refractivity contribution in [2.75, 3.05) is 18.1 Å². The number of fused-ring (bicyclic) bond motifs is 1. The van der Waals surface area contributed by atoms with Gasteiger partial charge in [0.1, 0.15) is 0 Å². The maximum atomic E-state index is 11.9. The van der Waals surface area contributed by atoms with Gasteiger partial charge in [0.25, 0.3) is 11.7 Å². The van der Waals surface area contributed by atoms with Crippen LogP contribution in [0.4, 0.5) is 5.69 Å². The van der Waals surface area contributed by atoms with Crippen LogP contribution in [0.1, 0.15) is 17.3 Å². The van der Waals surface area contributed by atoms with Crippen LogP contribution in [0.5, 0.6) is 0 Å². The molecule has 1 aromatic rings. The molecule has 6 heteroatoms. The molecular formula is C14H12BrNO4. The number of esters is 1. The zero-order valence-corrected chi connectivity index (χ0v) is 12.3. The van der Waals surface area contributed by atoms with Crippen LogP contribution < -0.4 is 4.90 Å². The Kier molecular flexibility index (Phi) is 4.34. The fourth-order valence-electron chi connectivity index (χ4n) is 1.93. The van der Waals surface area contributed by atoms with Crippen LogP contribution in [-0.2, 0) is 14.3 Å². The Bertz CT molecular complexity index is 609. The van der Waals surface area contributed by atoms with Gasteiger partial charge in [-0.3, -0.25) is 9.59 Å². The Labute approximate surface area is 124 Å². The molecule has 0 aliphatic carbocycles. The maximum absolute atomic E-state index is 11.9. The highest BCUT2D eigenvalue weighted by Crippen LogP contribution is 2.33. The number of rotatable bonds is 4. The van der Waals surface area contributed by atoms with E-state index in [1.54, 1.807) is 25.1 Å². The van der Waals surface area contributed by atoms with E-state index in [-0.39, 0.29) is 6.54 Å². The molecule has 0 N–H and O–H groups in total. The summed E-state index contributed by atoms with van der Waals surface area (Å²) in [7, 11) is 0. The molecule has 2 rings (SSSR count). The van der Waals surface area contributed by atoms with Crippen LogP contribution in [0.25, 0.3) is 0 Å². The predicted octanol–water partition coefficient (Wildman–Crippen LogP) is 2.10. The van der Waals surface area contributed by atoms with Gasteiger partial charge >= 0.3 is 5.97 Å². The third kappa shape index (κ3) is 2.65. The second-order valence-electron chi connectivity index (χ2n) is 4.03. The first-order chi connectivity index (χ1) is 9.56. The minimum atomic E-state index is -0.597. The van der Waals surface area contributed by atoms with Gasteiger partial charge in [-0.25, -0.2) is 4.79 Å². The molecule has 0 bridgehead atoms. The average molecular weight is 338 g/mol. The molecular weight excluding hydrogens is 326 g/mol. The average Bonchev–Trinajstić information content (AvgIpc) is 2.65. The number of hydrogen-bond acceptors (Lipinski definition) is 4. The zero-order valence-electron chi connectivity index (χ0n) is 10.8. The molecule has 0 radical (unpaired) electrons. The molecule has 0 fully saturated rings. The first-order valence-corrected chi connectivity index (χ1v) is 6.83. The number of nitrogens with zero attached hydrogens (tertiary/aromatic N) is 1. The lowest BCUT2D eigenvalue weighted by atomic mass is 10.1. The molecule has 0 aromatic heterocycles. The van der Waals surface area contributed by atoms with Crippen LogP contribution in [0.15, 0.2) is 34.8 Å². The largest absolute Gasteiger partial charge is 0.463 e. The number of halogens is 1. The predicted molar refractivity (Wildman–Crippen MR) is 76.6 cm³/mol. The molecule has 5 nitrogen and oxygen atoms in total. The molecule has 1 heterocycles. The monoisotopic (exact) mass is 337 g/mol. The number of ketones is 1. The number of carbonyl (C=O) groups excluding carboxylic acids is 3. The fraction of sp³-hybridized carbons (Fsp3) is 0.214. The molecule has 1 aliphatic rings. The second-order valence-corrected chi connectivity index (χ2v) is 4.89. The maximum Gasteiger partial charge on any atom is 0.330 e. The Morgan fingerprint density at radius 1 is 1.40 bits per heavy atom. The standard InChI is InChI=1S/C14H12BrNO4/c1-2-20-11(17)7-4-8-16-10-6-3-5-9(15)12(10)13(18)14(16)19/h3-7H,2,8H2,1H3/b7-4+. The first-order valence-electron chi connectivity index (χ1n) is 6.04. The van der Waals surface area contributed by atoms with Crippen molar-refractivity contribution in [2.24, 2.45) is 0 Å². The van der Waals surface area contributed by atoms with E-state index in [0.717, 1.165) is 0 Å². The van der Waals surface area contributed by atoms with Crippen molar-refractivity contribution in [1.29, 1.82) is 0 Å². The summed E-state index contributed by atoms with van der Waals surface area (Å²) in [5.74, 6) is -1.61. The summed E-state index contributed by atoms with van der Waals surface area (Å²) in [5, 5.41) is 0. The summed E-state index contributed by atoms with van der Waals surface area (Å²) < 4.78 is 5.33. The summed E-state index contributed by atoms with van der Waals surface area (Å²) in [6.07, 6.45) is 2.75. The van der Waals surface area contributed by atoms with Gasteiger partial charge in [0.15, 0.2) is 0 Å². The third-order valence-electron chi connectivity index (χ3n) is 2.78. The van der Waals surface area contributed by atoms with Gasteiger partial charge in [-0.15, -0.1) is 0 Å². The lowest BCUT2D eigenvalue weighted by Gasteiger charge is -2.13. The summed E-state index contributed by atoms with van der Waals surface area (Å²) in [6, 6.07) is 5.15. The smallest absolute Gasteiger partial charge is 0.330 e. The molecule has 20 heavy (non-hydrogen) atoms. The quantitative estimate of drug-likeness (QED) is 0.479. The van der Waals surface area contributed by atoms with Gasteiger partial charge in [0, 0.05) is 17.1 Å². The number of benzene rings is 1. The zero-order chi connectivity index (χ0) is 14.7. The molecule has 0 spiro atoms. The van der Waals surface area contributed by atoms with Crippen molar-refractivity contribution in [3.8, 4) is 0 Å². The molecule has 0 atom stereocenters. The molecule has 1 aliphatic heterocycles. The SMILES string of the molecule is CCOC(=O)/C=C/CN1C(=O)C(=O)c2c(Br)cccc21. The molecule has 0 saturated heterocycles. The van der Waals surface area contributed by atoms with E-state index in [1.165, 1.54) is 17.1 Å². The Morgan fingerprint density at radius 2 is 2.15 bits per heavy atom. The minimum Gasteiger partial charge on any atom is -0.463 e. The highest BCUT2D eigenvalue weighted by molar-refractivity contribution is 9.10. The molecule has 0 saturated carbocycles. The minimum absolute atomic E-state index is 0.146. The van der Waals surface area contributed by atoms with E-state index in [2.05, 4.69) is 15.9 Å². The number of Topliss-reactive ketones (excluding diaryl/α,β-unsaturated/α-hetero) is 1. The molecule has 1 amide bonds. The van der Waals surface area contributed by atoms with Crippen LogP contribution in [-0.4, -0.2) is 30.8 Å². The van der Waals surface area contributed by atoms with E-state index in [9.17, 15) is 14.4 Å². The van der Waals surface area contributed by atoms with Crippen LogP contribution >= 0.6 is 15.9 Å². The number of anilines is 1. The van der Waals surface area contributed by atoms with Crippen LogP contribution in [0.2, 0.25) is 0 Å². The van der Waals surface area contributed by atoms with Gasteiger partial charge in [-0.05, 0) is 35.0 Å². The highest BCUT2D eigenvalue weighted by atomic mass is 79.9. The summed E-state index contributed by atoms with van der Waals surface area (Å²) in [5.41, 5.74) is 0.907. The summed E-state index contributed by atoms with van der Waals surface area (Å²) >= 11 is 3.26. The van der Waals surface area contributed by atoms with Crippen molar-refractivity contribution in [3.05, 3.63) is 40.4 Å². The highest BCUT2D eigenvalue weighted by Gasteiger charge is 2.36. The number of hydrogen-bond donors (Lipinski definition) is 0. The Morgan fingerprint density at radius 3 is 2.85 bits per heavy atom. The molecule has 0 unspecified atom stereocenters. The van der Waals surface area contributed by atoms with E-state index >= 15 is 0 Å². The Hall–Kier alpha value is -1.95.